The second-order valence-corrected chi connectivity index (χ2v) is 8.49. The molecule has 1 amide bonds. The highest BCUT2D eigenvalue weighted by atomic mass is 32.2. The molecule has 1 saturated carbocycles. The first-order valence-electron chi connectivity index (χ1n) is 8.05. The fourth-order valence-corrected chi connectivity index (χ4v) is 3.70. The van der Waals surface area contributed by atoms with Crippen LogP contribution >= 0.6 is 11.8 Å². The molecule has 0 spiro atoms. The summed E-state index contributed by atoms with van der Waals surface area (Å²) in [5.41, 5.74) is -0.195. The van der Waals surface area contributed by atoms with E-state index in [-0.39, 0.29) is 16.7 Å². The van der Waals surface area contributed by atoms with Crippen molar-refractivity contribution in [3.63, 3.8) is 0 Å². The van der Waals surface area contributed by atoms with Gasteiger partial charge in [0.25, 0.3) is 0 Å². The van der Waals surface area contributed by atoms with Crippen LogP contribution < -0.4 is 5.32 Å². The topological polar surface area (TPSA) is 72.7 Å². The molecule has 22 heavy (non-hydrogen) atoms. The number of nitrogens with zero attached hydrogens (tertiary/aromatic N) is 4. The number of thioether (sulfide) groups is 1. The van der Waals surface area contributed by atoms with Gasteiger partial charge in [0.2, 0.25) is 11.1 Å². The summed E-state index contributed by atoms with van der Waals surface area (Å²) in [5, 5.41) is 15.5. The molecule has 1 aromatic rings. The van der Waals surface area contributed by atoms with E-state index in [0.29, 0.717) is 17.1 Å². The number of aromatic nitrogens is 4. The van der Waals surface area contributed by atoms with Crippen molar-refractivity contribution in [3.8, 4) is 0 Å². The Labute approximate surface area is 136 Å². The summed E-state index contributed by atoms with van der Waals surface area (Å²) in [5.74, 6) is 0.641. The lowest BCUT2D eigenvalue weighted by atomic mass is 9.86. The van der Waals surface area contributed by atoms with Gasteiger partial charge in [-0.25, -0.2) is 4.68 Å². The first-order valence-corrected chi connectivity index (χ1v) is 8.93. The van der Waals surface area contributed by atoms with Crippen LogP contribution in [0.4, 0.5) is 0 Å². The lowest BCUT2D eigenvalue weighted by molar-refractivity contribution is -0.121. The summed E-state index contributed by atoms with van der Waals surface area (Å²) in [7, 11) is 0. The van der Waals surface area contributed by atoms with E-state index in [9.17, 15) is 4.79 Å². The zero-order chi connectivity index (χ0) is 16.3. The number of tetrazole rings is 1. The van der Waals surface area contributed by atoms with Gasteiger partial charge in [-0.2, -0.15) is 0 Å². The van der Waals surface area contributed by atoms with Crippen molar-refractivity contribution in [3.05, 3.63) is 0 Å². The van der Waals surface area contributed by atoms with Crippen molar-refractivity contribution >= 4 is 17.7 Å². The van der Waals surface area contributed by atoms with Gasteiger partial charge >= 0.3 is 0 Å². The van der Waals surface area contributed by atoms with E-state index in [1.807, 2.05) is 27.7 Å². The Hall–Kier alpha value is -1.11. The summed E-state index contributed by atoms with van der Waals surface area (Å²) < 4.78 is 1.77. The van der Waals surface area contributed by atoms with Crippen LogP contribution in [0.15, 0.2) is 5.16 Å². The fourth-order valence-electron chi connectivity index (χ4n) is 2.72. The van der Waals surface area contributed by atoms with Gasteiger partial charge in [-0.3, -0.25) is 4.79 Å². The van der Waals surface area contributed by atoms with Crippen LogP contribution in [0.25, 0.3) is 0 Å². The molecule has 1 fully saturated rings. The van der Waals surface area contributed by atoms with Crippen molar-refractivity contribution in [1.82, 2.24) is 25.5 Å². The van der Waals surface area contributed by atoms with Crippen molar-refractivity contribution in [2.75, 3.05) is 0 Å². The molecular formula is C15H27N5OS. The average molecular weight is 325 g/mol. The number of rotatable bonds is 4. The molecule has 0 aromatic carbocycles. The molecular weight excluding hydrogens is 298 g/mol. The third-order valence-corrected chi connectivity index (χ3v) is 5.20. The van der Waals surface area contributed by atoms with Crippen molar-refractivity contribution in [2.45, 2.75) is 82.3 Å². The standard InChI is InChI=1S/C15H27N5OS/c1-10-8-6-7-9-12(10)16-13(21)11(2)22-14-17-18-19-20(14)15(3,4)5/h10-12H,6-9H2,1-5H3,(H,16,21). The monoisotopic (exact) mass is 325 g/mol. The Balaban J connectivity index is 1.96. The molecule has 7 heteroatoms. The smallest absolute Gasteiger partial charge is 0.233 e. The van der Waals surface area contributed by atoms with Gasteiger partial charge in [-0.05, 0) is 56.9 Å². The van der Waals surface area contributed by atoms with E-state index in [2.05, 4.69) is 27.8 Å². The Kier molecular flexibility index (Phi) is 5.47. The minimum atomic E-state index is -0.207. The molecule has 124 valence electrons. The maximum Gasteiger partial charge on any atom is 0.233 e. The van der Waals surface area contributed by atoms with Crippen LogP contribution in [0.2, 0.25) is 0 Å². The van der Waals surface area contributed by atoms with Crippen LogP contribution in [0.5, 0.6) is 0 Å². The van der Waals surface area contributed by atoms with Gasteiger partial charge < -0.3 is 5.32 Å². The Morgan fingerprint density at radius 2 is 2.05 bits per heavy atom. The molecule has 0 saturated heterocycles. The van der Waals surface area contributed by atoms with Crippen LogP contribution in [0.3, 0.4) is 0 Å². The van der Waals surface area contributed by atoms with E-state index in [1.54, 1.807) is 4.68 Å². The highest BCUT2D eigenvalue weighted by molar-refractivity contribution is 8.00. The van der Waals surface area contributed by atoms with E-state index in [1.165, 1.54) is 31.0 Å². The molecule has 3 atom stereocenters. The lowest BCUT2D eigenvalue weighted by Crippen LogP contribution is -2.44. The van der Waals surface area contributed by atoms with Gasteiger partial charge in [-0.1, -0.05) is 31.5 Å². The summed E-state index contributed by atoms with van der Waals surface area (Å²) in [4.78, 5) is 12.4. The van der Waals surface area contributed by atoms with E-state index in [0.717, 1.165) is 6.42 Å². The number of carbonyl (C=O) groups excluding carboxylic acids is 1. The summed E-state index contributed by atoms with van der Waals surface area (Å²) in [6.07, 6.45) is 4.77. The average Bonchev–Trinajstić information content (AvgIpc) is 2.89. The third kappa shape index (κ3) is 4.21. The Morgan fingerprint density at radius 3 is 2.68 bits per heavy atom. The predicted molar refractivity (Wildman–Crippen MR) is 87.7 cm³/mol. The van der Waals surface area contributed by atoms with Gasteiger partial charge in [0.05, 0.1) is 10.8 Å². The molecule has 1 aliphatic carbocycles. The fraction of sp³-hybridized carbons (Fsp3) is 0.867. The summed E-state index contributed by atoms with van der Waals surface area (Å²) >= 11 is 1.42. The van der Waals surface area contributed by atoms with Crippen LogP contribution in [-0.2, 0) is 10.3 Å². The second-order valence-electron chi connectivity index (χ2n) is 7.18. The minimum absolute atomic E-state index is 0.0761. The number of nitrogens with one attached hydrogen (secondary N) is 1. The summed E-state index contributed by atoms with van der Waals surface area (Å²) in [6.45, 7) is 10.3. The van der Waals surface area contributed by atoms with E-state index >= 15 is 0 Å². The van der Waals surface area contributed by atoms with E-state index < -0.39 is 0 Å². The maximum atomic E-state index is 12.4. The van der Waals surface area contributed by atoms with Crippen LogP contribution in [0, 0.1) is 5.92 Å². The SMILES string of the molecule is CC(Sc1nnnn1C(C)(C)C)C(=O)NC1CCCCC1C. The van der Waals surface area contributed by atoms with Gasteiger partial charge in [-0.15, -0.1) is 5.10 Å². The molecule has 3 unspecified atom stereocenters. The number of hydrogen-bond acceptors (Lipinski definition) is 5. The van der Waals surface area contributed by atoms with Crippen molar-refractivity contribution in [2.24, 2.45) is 5.92 Å². The zero-order valence-corrected chi connectivity index (χ0v) is 15.0. The highest BCUT2D eigenvalue weighted by Gasteiger charge is 2.27. The lowest BCUT2D eigenvalue weighted by Gasteiger charge is -2.30. The molecule has 6 nitrogen and oxygen atoms in total. The van der Waals surface area contributed by atoms with Gasteiger partial charge in [0, 0.05) is 6.04 Å². The number of hydrogen-bond donors (Lipinski definition) is 1. The van der Waals surface area contributed by atoms with Crippen LogP contribution in [-0.4, -0.2) is 37.4 Å². The van der Waals surface area contributed by atoms with Crippen molar-refractivity contribution < 1.29 is 4.79 Å². The quantitative estimate of drug-likeness (QED) is 0.862. The normalized spacial score (nSPS) is 24.0. The molecule has 0 aliphatic heterocycles. The second kappa shape index (κ2) is 6.98. The van der Waals surface area contributed by atoms with Crippen molar-refractivity contribution in [1.29, 1.82) is 0 Å². The molecule has 1 aromatic heterocycles. The molecule has 1 aliphatic rings. The van der Waals surface area contributed by atoms with Gasteiger partial charge in [0.15, 0.2) is 0 Å². The minimum Gasteiger partial charge on any atom is -0.352 e. The number of amides is 1. The number of carbonyl (C=O) groups is 1. The first-order chi connectivity index (χ1) is 10.3. The Bertz CT molecular complexity index is 510. The highest BCUT2D eigenvalue weighted by Crippen LogP contribution is 2.27. The van der Waals surface area contributed by atoms with Crippen LogP contribution in [0.1, 0.15) is 60.3 Å². The van der Waals surface area contributed by atoms with Gasteiger partial charge in [0.1, 0.15) is 0 Å². The molecule has 0 radical (unpaired) electrons. The molecule has 1 N–H and O–H groups in total. The predicted octanol–water partition coefficient (Wildman–Crippen LogP) is 2.60. The molecule has 2 rings (SSSR count). The van der Waals surface area contributed by atoms with E-state index in [4.69, 9.17) is 0 Å². The third-order valence-electron chi connectivity index (χ3n) is 4.17. The molecule has 1 heterocycles. The molecule has 0 bridgehead atoms. The summed E-state index contributed by atoms with van der Waals surface area (Å²) in [6, 6.07) is 0.308. The largest absolute Gasteiger partial charge is 0.352 e. The Morgan fingerprint density at radius 1 is 1.36 bits per heavy atom. The maximum absolute atomic E-state index is 12.4. The zero-order valence-electron chi connectivity index (χ0n) is 14.2. The first kappa shape index (κ1) is 17.2.